The first-order chi connectivity index (χ1) is 27.3. The summed E-state index contributed by atoms with van der Waals surface area (Å²) in [4.78, 5) is 2.33. The van der Waals surface area contributed by atoms with Gasteiger partial charge in [0.25, 0.3) is 0 Å². The molecule has 3 nitrogen and oxygen atoms in total. The first-order valence-corrected chi connectivity index (χ1v) is 18.7. The molecule has 11 rings (SSSR count). The fraction of sp³-hybridized carbons (Fsp3) is 0. The average molecular weight is 704 g/mol. The van der Waals surface area contributed by atoms with Gasteiger partial charge in [-0.1, -0.05) is 158 Å². The first kappa shape index (κ1) is 31.2. The maximum absolute atomic E-state index is 6.67. The second-order valence-corrected chi connectivity index (χ2v) is 14.1. The number of hydrogen-bond donors (Lipinski definition) is 0. The number of nitrogens with zero attached hydrogens (tertiary/aromatic N) is 1. The van der Waals surface area contributed by atoms with Gasteiger partial charge in [0.1, 0.15) is 16.7 Å². The largest absolute Gasteiger partial charge is 0.455 e. The monoisotopic (exact) mass is 703 g/mol. The highest BCUT2D eigenvalue weighted by Crippen LogP contribution is 2.47. The highest BCUT2D eigenvalue weighted by atomic mass is 16.3. The predicted molar refractivity (Wildman–Crippen MR) is 229 cm³/mol. The Balaban J connectivity index is 1.05. The topological polar surface area (TPSA) is 29.5 Å². The Bertz CT molecular complexity index is 3200. The molecular weight excluding hydrogens is 671 g/mol. The Morgan fingerprint density at radius 3 is 1.55 bits per heavy atom. The van der Waals surface area contributed by atoms with Crippen LogP contribution in [0.5, 0.6) is 0 Å². The predicted octanol–water partition coefficient (Wildman–Crippen LogP) is 15.1. The molecule has 0 fully saturated rings. The van der Waals surface area contributed by atoms with Gasteiger partial charge in [-0.25, -0.2) is 0 Å². The molecule has 0 spiro atoms. The second-order valence-electron chi connectivity index (χ2n) is 14.1. The van der Waals surface area contributed by atoms with E-state index in [1.54, 1.807) is 0 Å². The maximum atomic E-state index is 6.67. The van der Waals surface area contributed by atoms with Gasteiger partial charge in [0, 0.05) is 38.4 Å². The Hall–Kier alpha value is -7.36. The minimum atomic E-state index is 0.841. The summed E-state index contributed by atoms with van der Waals surface area (Å²) in [7, 11) is 0. The number of anilines is 3. The normalized spacial score (nSPS) is 11.6. The van der Waals surface area contributed by atoms with E-state index in [1.165, 1.54) is 27.5 Å². The molecule has 0 radical (unpaired) electrons. The van der Waals surface area contributed by atoms with E-state index in [4.69, 9.17) is 8.83 Å². The van der Waals surface area contributed by atoms with Crippen molar-refractivity contribution >= 4 is 71.7 Å². The van der Waals surface area contributed by atoms with Crippen molar-refractivity contribution in [3.8, 4) is 33.4 Å². The van der Waals surface area contributed by atoms with Crippen molar-refractivity contribution in [2.45, 2.75) is 0 Å². The number of fused-ring (bicyclic) bond motifs is 7. The molecule has 9 aromatic carbocycles. The van der Waals surface area contributed by atoms with Crippen LogP contribution in [0.3, 0.4) is 0 Å². The van der Waals surface area contributed by atoms with Gasteiger partial charge in [0.15, 0.2) is 5.58 Å². The number of furan rings is 2. The Kier molecular flexibility index (Phi) is 7.17. The van der Waals surface area contributed by atoms with Crippen molar-refractivity contribution in [1.82, 2.24) is 0 Å². The van der Waals surface area contributed by atoms with Crippen LogP contribution in [0.2, 0.25) is 0 Å². The number of benzene rings is 9. The molecule has 0 saturated carbocycles. The number of para-hydroxylation sites is 5. The molecule has 0 N–H and O–H groups in total. The third-order valence-corrected chi connectivity index (χ3v) is 10.9. The third kappa shape index (κ3) is 5.20. The summed E-state index contributed by atoms with van der Waals surface area (Å²) in [6.07, 6.45) is 0. The molecule has 0 aliphatic rings. The first-order valence-electron chi connectivity index (χ1n) is 18.7. The molecular formula is C52H33NO2. The lowest BCUT2D eigenvalue weighted by atomic mass is 9.97. The molecule has 3 heteroatoms. The lowest BCUT2D eigenvalue weighted by Gasteiger charge is -2.28. The molecule has 0 amide bonds. The molecule has 11 aromatic rings. The fourth-order valence-electron chi connectivity index (χ4n) is 8.20. The van der Waals surface area contributed by atoms with Gasteiger partial charge in [-0.05, 0) is 75.5 Å². The van der Waals surface area contributed by atoms with E-state index in [2.05, 4.69) is 181 Å². The van der Waals surface area contributed by atoms with Crippen LogP contribution in [-0.2, 0) is 0 Å². The fourth-order valence-corrected chi connectivity index (χ4v) is 8.20. The molecule has 0 saturated heterocycles. The minimum Gasteiger partial charge on any atom is -0.455 e. The smallest absolute Gasteiger partial charge is 0.159 e. The van der Waals surface area contributed by atoms with Crippen molar-refractivity contribution < 1.29 is 8.83 Å². The molecule has 55 heavy (non-hydrogen) atoms. The van der Waals surface area contributed by atoms with E-state index in [9.17, 15) is 0 Å². The molecule has 2 heterocycles. The van der Waals surface area contributed by atoms with Gasteiger partial charge in [0.05, 0.1) is 11.4 Å². The summed E-state index contributed by atoms with van der Waals surface area (Å²) < 4.78 is 13.2. The van der Waals surface area contributed by atoms with Gasteiger partial charge in [0.2, 0.25) is 0 Å². The quantitative estimate of drug-likeness (QED) is 0.173. The summed E-state index contributed by atoms with van der Waals surface area (Å²) in [6, 6.07) is 70.9. The van der Waals surface area contributed by atoms with E-state index < -0.39 is 0 Å². The molecule has 2 aromatic heterocycles. The van der Waals surface area contributed by atoms with Crippen LogP contribution in [0, 0.1) is 0 Å². The second kappa shape index (κ2) is 12.6. The zero-order chi connectivity index (χ0) is 36.3. The average Bonchev–Trinajstić information content (AvgIpc) is 3.84. The van der Waals surface area contributed by atoms with Crippen molar-refractivity contribution in [2.75, 3.05) is 4.90 Å². The van der Waals surface area contributed by atoms with E-state index in [0.717, 1.165) is 77.6 Å². The van der Waals surface area contributed by atoms with Crippen molar-refractivity contribution in [3.63, 3.8) is 0 Å². The van der Waals surface area contributed by atoms with Crippen molar-refractivity contribution in [3.05, 3.63) is 200 Å². The van der Waals surface area contributed by atoms with Gasteiger partial charge >= 0.3 is 0 Å². The Morgan fingerprint density at radius 2 is 0.800 bits per heavy atom. The van der Waals surface area contributed by atoms with E-state index in [1.807, 2.05) is 24.3 Å². The highest BCUT2D eigenvalue weighted by Gasteiger charge is 2.23. The van der Waals surface area contributed by atoms with E-state index >= 15 is 0 Å². The molecule has 0 bridgehead atoms. The molecule has 0 aliphatic heterocycles. The molecule has 0 aliphatic carbocycles. The number of rotatable bonds is 6. The lowest BCUT2D eigenvalue weighted by Crippen LogP contribution is -2.11. The summed E-state index contributed by atoms with van der Waals surface area (Å²) in [5, 5.41) is 6.90. The summed E-state index contributed by atoms with van der Waals surface area (Å²) in [5.74, 6) is 0. The molecule has 258 valence electrons. The third-order valence-electron chi connectivity index (χ3n) is 10.9. The van der Waals surface area contributed by atoms with Crippen LogP contribution >= 0.6 is 0 Å². The number of hydrogen-bond acceptors (Lipinski definition) is 3. The van der Waals surface area contributed by atoms with Crippen LogP contribution in [-0.4, -0.2) is 0 Å². The highest BCUT2D eigenvalue weighted by molar-refractivity contribution is 6.13. The van der Waals surface area contributed by atoms with Gasteiger partial charge in [-0.2, -0.15) is 0 Å². The Labute approximate surface area is 317 Å². The summed E-state index contributed by atoms with van der Waals surface area (Å²) in [5.41, 5.74) is 13.3. The van der Waals surface area contributed by atoms with Gasteiger partial charge in [-0.15, -0.1) is 0 Å². The lowest BCUT2D eigenvalue weighted by molar-refractivity contribution is 0.669. The SMILES string of the molecule is c1ccc(N(c2ccc(-c3ccc(-c4ccc5ccccc5c4)cc3)cc2)c2cccc3c2oc2ccccc23)c(-c2cccc3c2oc2ccccc23)c1. The van der Waals surface area contributed by atoms with Crippen LogP contribution < -0.4 is 4.90 Å². The molecule has 0 unspecified atom stereocenters. The zero-order valence-corrected chi connectivity index (χ0v) is 29.8. The van der Waals surface area contributed by atoms with E-state index in [0.29, 0.717) is 0 Å². The Morgan fingerprint density at radius 1 is 0.309 bits per heavy atom. The summed E-state index contributed by atoms with van der Waals surface area (Å²) >= 11 is 0. The van der Waals surface area contributed by atoms with Crippen LogP contribution in [0.4, 0.5) is 17.1 Å². The van der Waals surface area contributed by atoms with Gasteiger partial charge < -0.3 is 13.7 Å². The minimum absolute atomic E-state index is 0.841. The van der Waals surface area contributed by atoms with Crippen LogP contribution in [0.25, 0.3) is 88.0 Å². The zero-order valence-electron chi connectivity index (χ0n) is 29.8. The van der Waals surface area contributed by atoms with Crippen molar-refractivity contribution in [1.29, 1.82) is 0 Å². The van der Waals surface area contributed by atoms with Crippen LogP contribution in [0.15, 0.2) is 209 Å². The van der Waals surface area contributed by atoms with Gasteiger partial charge in [-0.3, -0.25) is 0 Å². The molecule has 0 atom stereocenters. The standard InChI is InChI=1S/C52H33NO2/c1-2-12-38-33-39(28-27-34(38)11-1)37-25-23-35(24-26-37)36-29-31-40(32-30-36)53(48-20-10-18-46-43-15-5-8-22-50(43)55-52(46)48)47-19-6-3-13-41(47)44-16-9-17-45-42-14-4-7-21-49(42)54-51(44)45/h1-33H. The van der Waals surface area contributed by atoms with Crippen LogP contribution in [0.1, 0.15) is 0 Å². The van der Waals surface area contributed by atoms with E-state index in [-0.39, 0.29) is 0 Å². The maximum Gasteiger partial charge on any atom is 0.159 e. The van der Waals surface area contributed by atoms with Crippen molar-refractivity contribution in [2.24, 2.45) is 0 Å². The summed E-state index contributed by atoms with van der Waals surface area (Å²) in [6.45, 7) is 0.